The molecular weight excluding hydrogens is 128 g/mol. The quantitative estimate of drug-likeness (QED) is 0.590. The maximum absolute atomic E-state index is 8.64. The van der Waals surface area contributed by atoms with Gasteiger partial charge in [0.15, 0.2) is 0 Å². The summed E-state index contributed by atoms with van der Waals surface area (Å²) in [6, 6.07) is 0. The van der Waals surface area contributed by atoms with E-state index in [2.05, 4.69) is 16.7 Å². The lowest BCUT2D eigenvalue weighted by Gasteiger charge is -2.26. The molecule has 0 saturated heterocycles. The van der Waals surface area contributed by atoms with Crippen LogP contribution in [0.5, 0.6) is 0 Å². The Kier molecular flexibility index (Phi) is 2.17. The topological polar surface area (TPSA) is 26.7 Å². The molecular formula is C7H14N2O. The number of β-amino-alcohol motifs (C(OH)–C–C–N with tert-alkyl or cyclic N) is 1. The van der Waals surface area contributed by atoms with Crippen LogP contribution < -0.4 is 0 Å². The van der Waals surface area contributed by atoms with Crippen molar-refractivity contribution in [2.24, 2.45) is 0 Å². The van der Waals surface area contributed by atoms with E-state index in [4.69, 9.17) is 5.11 Å². The lowest BCUT2D eigenvalue weighted by atomic mass is 10.4. The molecule has 1 heterocycles. The fraction of sp³-hybridized carbons (Fsp3) is 0.714. The number of hydrogen-bond donors (Lipinski definition) is 1. The number of hydrogen-bond acceptors (Lipinski definition) is 3. The molecule has 0 saturated carbocycles. The Morgan fingerprint density at radius 3 is 2.60 bits per heavy atom. The van der Waals surface area contributed by atoms with Crippen molar-refractivity contribution in [3.05, 3.63) is 12.4 Å². The monoisotopic (exact) mass is 142 g/mol. The van der Waals surface area contributed by atoms with E-state index in [1.165, 1.54) is 0 Å². The Bertz CT molecular complexity index is 136. The van der Waals surface area contributed by atoms with Crippen molar-refractivity contribution in [1.29, 1.82) is 0 Å². The second-order valence-electron chi connectivity index (χ2n) is 2.56. The van der Waals surface area contributed by atoms with Crippen LogP contribution in [0.15, 0.2) is 12.4 Å². The molecule has 3 heteroatoms. The minimum atomic E-state index is 0.225. The SMILES string of the molecule is CC1N(C)C=CN1CCO. The van der Waals surface area contributed by atoms with Gasteiger partial charge in [0.05, 0.1) is 12.8 Å². The molecule has 0 radical (unpaired) electrons. The second-order valence-corrected chi connectivity index (χ2v) is 2.56. The molecule has 1 N–H and O–H groups in total. The predicted molar refractivity (Wildman–Crippen MR) is 40.2 cm³/mol. The molecule has 0 amide bonds. The van der Waals surface area contributed by atoms with Gasteiger partial charge in [-0.05, 0) is 6.92 Å². The van der Waals surface area contributed by atoms with E-state index in [0.29, 0.717) is 6.17 Å². The Morgan fingerprint density at radius 2 is 2.20 bits per heavy atom. The predicted octanol–water partition coefficient (Wildman–Crippen LogP) is 0.0433. The molecule has 0 aliphatic carbocycles. The Labute approximate surface area is 61.5 Å². The fourth-order valence-corrected chi connectivity index (χ4v) is 1.05. The summed E-state index contributed by atoms with van der Waals surface area (Å²) in [5.74, 6) is 0. The van der Waals surface area contributed by atoms with Crippen LogP contribution in [-0.4, -0.2) is 41.3 Å². The largest absolute Gasteiger partial charge is 0.395 e. The van der Waals surface area contributed by atoms with Gasteiger partial charge < -0.3 is 14.9 Å². The lowest BCUT2D eigenvalue weighted by Crippen LogP contribution is -2.35. The molecule has 0 aromatic heterocycles. The summed E-state index contributed by atoms with van der Waals surface area (Å²) in [6.07, 6.45) is 4.41. The van der Waals surface area contributed by atoms with Gasteiger partial charge in [-0.3, -0.25) is 0 Å². The highest BCUT2D eigenvalue weighted by atomic mass is 16.3. The molecule has 1 aliphatic heterocycles. The first-order valence-electron chi connectivity index (χ1n) is 3.52. The van der Waals surface area contributed by atoms with Gasteiger partial charge in [0.2, 0.25) is 0 Å². The Balaban J connectivity index is 2.41. The van der Waals surface area contributed by atoms with Crippen molar-refractivity contribution < 1.29 is 5.11 Å². The molecule has 1 aliphatic rings. The Morgan fingerprint density at radius 1 is 1.50 bits per heavy atom. The summed E-state index contributed by atoms with van der Waals surface area (Å²) in [6.45, 7) is 3.06. The van der Waals surface area contributed by atoms with Gasteiger partial charge in [-0.15, -0.1) is 0 Å². The third-order valence-electron chi connectivity index (χ3n) is 1.92. The molecule has 0 aromatic carbocycles. The van der Waals surface area contributed by atoms with Gasteiger partial charge in [0.1, 0.15) is 0 Å². The molecule has 0 bridgehead atoms. The highest BCUT2D eigenvalue weighted by Gasteiger charge is 2.16. The minimum Gasteiger partial charge on any atom is -0.395 e. The number of aliphatic hydroxyl groups excluding tert-OH is 1. The van der Waals surface area contributed by atoms with E-state index in [-0.39, 0.29) is 6.61 Å². The van der Waals surface area contributed by atoms with Crippen LogP contribution in [0.25, 0.3) is 0 Å². The van der Waals surface area contributed by atoms with Crippen molar-refractivity contribution in [1.82, 2.24) is 9.80 Å². The fourth-order valence-electron chi connectivity index (χ4n) is 1.05. The zero-order valence-corrected chi connectivity index (χ0v) is 6.49. The molecule has 1 atom stereocenters. The third kappa shape index (κ3) is 1.24. The highest BCUT2D eigenvalue weighted by molar-refractivity contribution is 4.93. The van der Waals surface area contributed by atoms with Gasteiger partial charge in [0, 0.05) is 26.0 Å². The molecule has 0 fully saturated rings. The second kappa shape index (κ2) is 2.92. The van der Waals surface area contributed by atoms with E-state index in [1.807, 2.05) is 19.4 Å². The first-order valence-corrected chi connectivity index (χ1v) is 3.52. The standard InChI is InChI=1S/C7H14N2O/c1-7-8(2)3-4-9(7)5-6-10/h3-4,7,10H,5-6H2,1-2H3. The van der Waals surface area contributed by atoms with E-state index < -0.39 is 0 Å². The number of nitrogens with zero attached hydrogens (tertiary/aromatic N) is 2. The van der Waals surface area contributed by atoms with Gasteiger partial charge in [-0.1, -0.05) is 0 Å². The molecule has 10 heavy (non-hydrogen) atoms. The average molecular weight is 142 g/mol. The molecule has 58 valence electrons. The van der Waals surface area contributed by atoms with Crippen molar-refractivity contribution in [3.63, 3.8) is 0 Å². The lowest BCUT2D eigenvalue weighted by molar-refractivity contribution is 0.159. The van der Waals surface area contributed by atoms with Gasteiger partial charge in [-0.2, -0.15) is 0 Å². The molecule has 1 unspecified atom stereocenters. The molecule has 0 spiro atoms. The van der Waals surface area contributed by atoms with Crippen LogP contribution in [0.3, 0.4) is 0 Å². The molecule has 1 rings (SSSR count). The first-order chi connectivity index (χ1) is 4.75. The van der Waals surface area contributed by atoms with Crippen LogP contribution in [0.4, 0.5) is 0 Å². The minimum absolute atomic E-state index is 0.225. The van der Waals surface area contributed by atoms with Gasteiger partial charge in [-0.25, -0.2) is 0 Å². The van der Waals surface area contributed by atoms with Crippen molar-refractivity contribution in [2.45, 2.75) is 13.1 Å². The van der Waals surface area contributed by atoms with Crippen molar-refractivity contribution >= 4 is 0 Å². The van der Waals surface area contributed by atoms with Crippen LogP contribution in [0, 0.1) is 0 Å². The van der Waals surface area contributed by atoms with E-state index in [9.17, 15) is 0 Å². The van der Waals surface area contributed by atoms with E-state index >= 15 is 0 Å². The third-order valence-corrected chi connectivity index (χ3v) is 1.92. The summed E-state index contributed by atoms with van der Waals surface area (Å²) < 4.78 is 0. The normalized spacial score (nSPS) is 24.5. The number of aliphatic hydroxyl groups is 1. The van der Waals surface area contributed by atoms with Crippen molar-refractivity contribution in [2.75, 3.05) is 20.2 Å². The molecule has 0 aromatic rings. The van der Waals surface area contributed by atoms with Gasteiger partial charge >= 0.3 is 0 Å². The first kappa shape index (κ1) is 7.41. The summed E-state index contributed by atoms with van der Waals surface area (Å²) in [5.41, 5.74) is 0. The van der Waals surface area contributed by atoms with Crippen LogP contribution in [0.1, 0.15) is 6.92 Å². The van der Waals surface area contributed by atoms with E-state index in [0.717, 1.165) is 6.54 Å². The zero-order chi connectivity index (χ0) is 7.56. The van der Waals surface area contributed by atoms with Crippen LogP contribution >= 0.6 is 0 Å². The van der Waals surface area contributed by atoms with Crippen LogP contribution in [-0.2, 0) is 0 Å². The average Bonchev–Trinajstić information content (AvgIpc) is 2.20. The summed E-state index contributed by atoms with van der Waals surface area (Å²) in [5, 5.41) is 8.64. The zero-order valence-electron chi connectivity index (χ0n) is 6.49. The van der Waals surface area contributed by atoms with Gasteiger partial charge in [0.25, 0.3) is 0 Å². The summed E-state index contributed by atoms with van der Waals surface area (Å²) in [7, 11) is 2.03. The highest BCUT2D eigenvalue weighted by Crippen LogP contribution is 2.11. The molecule has 3 nitrogen and oxygen atoms in total. The van der Waals surface area contributed by atoms with Crippen LogP contribution in [0.2, 0.25) is 0 Å². The summed E-state index contributed by atoms with van der Waals surface area (Å²) >= 11 is 0. The smallest absolute Gasteiger partial charge is 0.0975 e. The maximum Gasteiger partial charge on any atom is 0.0975 e. The maximum atomic E-state index is 8.64. The summed E-state index contributed by atoms with van der Waals surface area (Å²) in [4.78, 5) is 4.20. The Hall–Kier alpha value is -0.700. The van der Waals surface area contributed by atoms with Crippen molar-refractivity contribution in [3.8, 4) is 0 Å². The number of rotatable bonds is 2. The van der Waals surface area contributed by atoms with E-state index in [1.54, 1.807) is 0 Å².